The Bertz CT molecular complexity index is 393. The van der Waals surface area contributed by atoms with E-state index in [1.54, 1.807) is 0 Å². The second-order valence-corrected chi connectivity index (χ2v) is 5.25. The summed E-state index contributed by atoms with van der Waals surface area (Å²) in [6.07, 6.45) is 3.53. The van der Waals surface area contributed by atoms with Crippen LogP contribution in [0.2, 0.25) is 0 Å². The summed E-state index contributed by atoms with van der Waals surface area (Å²) in [5.41, 5.74) is 1.98. The lowest BCUT2D eigenvalue weighted by atomic mass is 10.2. The number of nitrogens with one attached hydrogen (secondary N) is 2. The molecule has 1 aromatic carbocycles. The van der Waals surface area contributed by atoms with Crippen molar-refractivity contribution in [3.05, 3.63) is 28.2 Å². The van der Waals surface area contributed by atoms with Crippen LogP contribution in [0.3, 0.4) is 0 Å². The van der Waals surface area contributed by atoms with Crippen LogP contribution in [-0.2, 0) is 4.79 Å². The zero-order valence-electron chi connectivity index (χ0n) is 11.1. The molecule has 0 unspecified atom stereocenters. The molecule has 3 nitrogen and oxygen atoms in total. The van der Waals surface area contributed by atoms with Gasteiger partial charge in [0.15, 0.2) is 0 Å². The number of halogens is 1. The fourth-order valence-electron chi connectivity index (χ4n) is 1.58. The number of rotatable bonds is 7. The summed E-state index contributed by atoms with van der Waals surface area (Å²) in [5.74, 6) is 0.00208. The summed E-state index contributed by atoms with van der Waals surface area (Å²) >= 11 is 3.45. The van der Waals surface area contributed by atoms with Gasteiger partial charge < -0.3 is 10.6 Å². The lowest BCUT2D eigenvalue weighted by molar-refractivity contribution is -0.115. The second kappa shape index (κ2) is 8.27. The van der Waals surface area contributed by atoms with Crippen molar-refractivity contribution in [2.45, 2.75) is 33.1 Å². The van der Waals surface area contributed by atoms with Crippen LogP contribution in [0.4, 0.5) is 5.69 Å². The third kappa shape index (κ3) is 5.65. The van der Waals surface area contributed by atoms with Crippen LogP contribution in [0.1, 0.15) is 31.7 Å². The second-order valence-electron chi connectivity index (χ2n) is 4.40. The molecule has 0 radical (unpaired) electrons. The first-order chi connectivity index (χ1) is 8.63. The molecule has 0 heterocycles. The highest BCUT2D eigenvalue weighted by Crippen LogP contribution is 2.20. The highest BCUT2D eigenvalue weighted by molar-refractivity contribution is 9.10. The van der Waals surface area contributed by atoms with Crippen molar-refractivity contribution < 1.29 is 4.79 Å². The Morgan fingerprint density at radius 3 is 2.78 bits per heavy atom. The van der Waals surface area contributed by atoms with Crippen molar-refractivity contribution in [3.8, 4) is 0 Å². The van der Waals surface area contributed by atoms with Gasteiger partial charge in [-0.2, -0.15) is 0 Å². The van der Waals surface area contributed by atoms with Crippen LogP contribution in [0, 0.1) is 6.92 Å². The van der Waals surface area contributed by atoms with Gasteiger partial charge in [-0.1, -0.05) is 41.8 Å². The Labute approximate surface area is 117 Å². The zero-order valence-corrected chi connectivity index (χ0v) is 12.6. The largest absolute Gasteiger partial charge is 0.325 e. The van der Waals surface area contributed by atoms with E-state index in [9.17, 15) is 4.79 Å². The Kier molecular flexibility index (Phi) is 6.98. The number of unbranched alkanes of at least 4 members (excludes halogenated alkanes) is 2. The lowest BCUT2D eigenvalue weighted by Crippen LogP contribution is -2.28. The molecule has 0 aliphatic carbocycles. The molecule has 100 valence electrons. The van der Waals surface area contributed by atoms with Gasteiger partial charge in [0, 0.05) is 10.2 Å². The summed E-state index contributed by atoms with van der Waals surface area (Å²) in [4.78, 5) is 11.7. The molecular formula is C14H21BrN2O. The van der Waals surface area contributed by atoms with Gasteiger partial charge in [0.25, 0.3) is 0 Å². The average molecular weight is 313 g/mol. The average Bonchev–Trinajstić information content (AvgIpc) is 2.34. The van der Waals surface area contributed by atoms with E-state index >= 15 is 0 Å². The Morgan fingerprint density at radius 1 is 1.33 bits per heavy atom. The highest BCUT2D eigenvalue weighted by Gasteiger charge is 2.03. The standard InChI is InChI=1S/C14H21BrN2O/c1-3-4-5-8-16-10-14(18)17-12-7-6-11(2)13(15)9-12/h6-7,9,16H,3-5,8,10H2,1-2H3,(H,17,18). The number of hydrogen-bond donors (Lipinski definition) is 2. The fourth-order valence-corrected chi connectivity index (χ4v) is 1.96. The maximum Gasteiger partial charge on any atom is 0.238 e. The van der Waals surface area contributed by atoms with Gasteiger partial charge >= 0.3 is 0 Å². The minimum absolute atomic E-state index is 0.00208. The van der Waals surface area contributed by atoms with E-state index in [0.29, 0.717) is 6.54 Å². The Hall–Kier alpha value is -0.870. The number of carbonyl (C=O) groups is 1. The van der Waals surface area contributed by atoms with Crippen molar-refractivity contribution in [2.24, 2.45) is 0 Å². The Balaban J connectivity index is 2.29. The third-order valence-corrected chi connectivity index (χ3v) is 3.55. The summed E-state index contributed by atoms with van der Waals surface area (Å²) < 4.78 is 1.01. The first-order valence-electron chi connectivity index (χ1n) is 6.40. The molecule has 0 saturated heterocycles. The molecular weight excluding hydrogens is 292 g/mol. The smallest absolute Gasteiger partial charge is 0.238 e. The molecule has 0 bridgehead atoms. The van der Waals surface area contributed by atoms with Gasteiger partial charge in [0.05, 0.1) is 6.54 Å². The van der Waals surface area contributed by atoms with Crippen molar-refractivity contribution in [1.82, 2.24) is 5.32 Å². The van der Waals surface area contributed by atoms with E-state index in [4.69, 9.17) is 0 Å². The van der Waals surface area contributed by atoms with Crippen molar-refractivity contribution in [1.29, 1.82) is 0 Å². The van der Waals surface area contributed by atoms with Crippen LogP contribution >= 0.6 is 15.9 Å². The highest BCUT2D eigenvalue weighted by atomic mass is 79.9. The van der Waals surface area contributed by atoms with Gasteiger partial charge in [-0.05, 0) is 37.6 Å². The molecule has 1 aromatic rings. The van der Waals surface area contributed by atoms with Crippen molar-refractivity contribution in [2.75, 3.05) is 18.4 Å². The maximum absolute atomic E-state index is 11.7. The molecule has 4 heteroatoms. The van der Waals surface area contributed by atoms with Gasteiger partial charge in [-0.3, -0.25) is 4.79 Å². The molecule has 1 rings (SSSR count). The molecule has 0 atom stereocenters. The van der Waals surface area contributed by atoms with E-state index in [1.165, 1.54) is 12.8 Å². The number of aryl methyl sites for hydroxylation is 1. The molecule has 0 fully saturated rings. The fraction of sp³-hybridized carbons (Fsp3) is 0.500. The summed E-state index contributed by atoms with van der Waals surface area (Å²) in [7, 11) is 0. The van der Waals surface area contributed by atoms with Crippen LogP contribution < -0.4 is 10.6 Å². The zero-order chi connectivity index (χ0) is 13.4. The van der Waals surface area contributed by atoms with Crippen molar-refractivity contribution >= 4 is 27.5 Å². The van der Waals surface area contributed by atoms with Crippen LogP contribution in [0.15, 0.2) is 22.7 Å². The number of benzene rings is 1. The maximum atomic E-state index is 11.7. The quantitative estimate of drug-likeness (QED) is 0.757. The first-order valence-corrected chi connectivity index (χ1v) is 7.19. The number of carbonyl (C=O) groups excluding carboxylic acids is 1. The number of anilines is 1. The summed E-state index contributed by atoms with van der Waals surface area (Å²) in [6.45, 7) is 5.46. The van der Waals surface area contributed by atoms with Crippen LogP contribution in [-0.4, -0.2) is 19.0 Å². The normalized spacial score (nSPS) is 10.4. The SMILES string of the molecule is CCCCCNCC(=O)Nc1ccc(C)c(Br)c1. The summed E-state index contributed by atoms with van der Waals surface area (Å²) in [6, 6.07) is 5.81. The van der Waals surface area contributed by atoms with E-state index in [-0.39, 0.29) is 5.91 Å². The van der Waals surface area contributed by atoms with E-state index in [0.717, 1.165) is 28.7 Å². The van der Waals surface area contributed by atoms with E-state index in [2.05, 4.69) is 33.5 Å². The van der Waals surface area contributed by atoms with Gasteiger partial charge in [0.2, 0.25) is 5.91 Å². The topological polar surface area (TPSA) is 41.1 Å². The van der Waals surface area contributed by atoms with Gasteiger partial charge in [-0.25, -0.2) is 0 Å². The number of hydrogen-bond acceptors (Lipinski definition) is 2. The minimum atomic E-state index is 0.00208. The molecule has 0 aromatic heterocycles. The molecule has 0 aliphatic heterocycles. The van der Waals surface area contributed by atoms with Crippen LogP contribution in [0.5, 0.6) is 0 Å². The predicted molar refractivity (Wildman–Crippen MR) is 79.9 cm³/mol. The molecule has 1 amide bonds. The molecule has 2 N–H and O–H groups in total. The van der Waals surface area contributed by atoms with Crippen molar-refractivity contribution in [3.63, 3.8) is 0 Å². The van der Waals surface area contributed by atoms with Gasteiger partial charge in [0.1, 0.15) is 0 Å². The predicted octanol–water partition coefficient (Wildman–Crippen LogP) is 3.48. The molecule has 18 heavy (non-hydrogen) atoms. The number of amides is 1. The molecule has 0 aliphatic rings. The monoisotopic (exact) mass is 312 g/mol. The molecule has 0 spiro atoms. The van der Waals surface area contributed by atoms with Gasteiger partial charge in [-0.15, -0.1) is 0 Å². The Morgan fingerprint density at radius 2 is 2.11 bits per heavy atom. The summed E-state index contributed by atoms with van der Waals surface area (Å²) in [5, 5.41) is 6.01. The van der Waals surface area contributed by atoms with E-state index in [1.807, 2.05) is 25.1 Å². The molecule has 0 saturated carbocycles. The van der Waals surface area contributed by atoms with E-state index < -0.39 is 0 Å². The van der Waals surface area contributed by atoms with Crippen LogP contribution in [0.25, 0.3) is 0 Å². The lowest BCUT2D eigenvalue weighted by Gasteiger charge is -2.08. The minimum Gasteiger partial charge on any atom is -0.325 e. The third-order valence-electron chi connectivity index (χ3n) is 2.70. The first kappa shape index (κ1) is 15.2.